The van der Waals surface area contributed by atoms with E-state index in [1.807, 2.05) is 0 Å². The molecule has 1 unspecified atom stereocenters. The van der Waals surface area contributed by atoms with Crippen LogP contribution in [0.15, 0.2) is 29.1 Å². The number of aromatic nitrogens is 2. The smallest absolute Gasteiger partial charge is 0.271 e. The zero-order valence-electron chi connectivity index (χ0n) is 10.5. The van der Waals surface area contributed by atoms with Crippen molar-refractivity contribution >= 4 is 5.91 Å². The first-order chi connectivity index (χ1) is 9.05. The number of halogens is 1. The van der Waals surface area contributed by atoms with Crippen molar-refractivity contribution in [3.8, 4) is 11.3 Å². The van der Waals surface area contributed by atoms with Crippen LogP contribution in [0.3, 0.4) is 0 Å². The summed E-state index contributed by atoms with van der Waals surface area (Å²) in [7, 11) is 0. The van der Waals surface area contributed by atoms with Gasteiger partial charge in [-0.05, 0) is 19.1 Å². The lowest BCUT2D eigenvalue weighted by Gasteiger charge is -2.16. The molecule has 1 amide bonds. The molecular weight excluding hydrogens is 249 g/mol. The lowest BCUT2D eigenvalue weighted by atomic mass is 10.1. The minimum Gasteiger partial charge on any atom is -0.472 e. The van der Waals surface area contributed by atoms with Crippen LogP contribution in [-0.4, -0.2) is 39.8 Å². The second-order valence-corrected chi connectivity index (χ2v) is 5.07. The van der Waals surface area contributed by atoms with Crippen molar-refractivity contribution in [2.75, 3.05) is 13.1 Å². The van der Waals surface area contributed by atoms with Crippen molar-refractivity contribution in [2.45, 2.75) is 19.0 Å². The van der Waals surface area contributed by atoms with Gasteiger partial charge in [0.25, 0.3) is 5.91 Å². The number of hydrogen-bond acceptors (Lipinski definition) is 3. The molecule has 1 aliphatic heterocycles. The summed E-state index contributed by atoms with van der Waals surface area (Å²) < 4.78 is 18.7. The van der Waals surface area contributed by atoms with Gasteiger partial charge in [0.1, 0.15) is 11.4 Å². The number of hydrogen-bond donors (Lipinski definition) is 1. The predicted molar refractivity (Wildman–Crippen MR) is 66.3 cm³/mol. The van der Waals surface area contributed by atoms with E-state index in [1.54, 1.807) is 24.7 Å². The lowest BCUT2D eigenvalue weighted by Crippen LogP contribution is -2.32. The summed E-state index contributed by atoms with van der Waals surface area (Å²) in [4.78, 5) is 13.7. The first kappa shape index (κ1) is 12.0. The Hall–Kier alpha value is -2.11. The van der Waals surface area contributed by atoms with Crippen LogP contribution in [0.5, 0.6) is 0 Å². The number of alkyl halides is 1. The standard InChI is InChI=1S/C13H14FN3O2/c1-13(14)3-4-17(8-13)12(18)11-6-10(15-16-11)9-2-5-19-7-9/h2,5-7H,3-4,8H2,1H3,(H,15,16). The second-order valence-electron chi connectivity index (χ2n) is 5.07. The highest BCUT2D eigenvalue weighted by atomic mass is 19.1. The maximum absolute atomic E-state index is 13.7. The molecule has 1 fully saturated rings. The molecule has 1 atom stereocenters. The van der Waals surface area contributed by atoms with E-state index in [0.29, 0.717) is 24.4 Å². The molecule has 0 aromatic carbocycles. The van der Waals surface area contributed by atoms with Crippen LogP contribution >= 0.6 is 0 Å². The van der Waals surface area contributed by atoms with Crippen molar-refractivity contribution in [1.29, 1.82) is 0 Å². The number of likely N-dealkylation sites (tertiary alicyclic amines) is 1. The zero-order valence-corrected chi connectivity index (χ0v) is 10.5. The van der Waals surface area contributed by atoms with Gasteiger partial charge in [-0.1, -0.05) is 0 Å². The van der Waals surface area contributed by atoms with Crippen molar-refractivity contribution in [2.24, 2.45) is 0 Å². The van der Waals surface area contributed by atoms with E-state index in [-0.39, 0.29) is 12.5 Å². The Morgan fingerprint density at radius 2 is 2.47 bits per heavy atom. The van der Waals surface area contributed by atoms with Gasteiger partial charge in [0.15, 0.2) is 0 Å². The maximum Gasteiger partial charge on any atom is 0.271 e. The van der Waals surface area contributed by atoms with Gasteiger partial charge in [-0.2, -0.15) is 5.10 Å². The van der Waals surface area contributed by atoms with E-state index in [0.717, 1.165) is 5.56 Å². The Labute approximate surface area is 109 Å². The third-order valence-electron chi connectivity index (χ3n) is 3.34. The van der Waals surface area contributed by atoms with Gasteiger partial charge in [-0.3, -0.25) is 9.89 Å². The molecule has 1 aliphatic rings. The van der Waals surface area contributed by atoms with E-state index < -0.39 is 5.67 Å². The Balaban J connectivity index is 1.78. The summed E-state index contributed by atoms with van der Waals surface area (Å²) in [6.07, 6.45) is 3.47. The van der Waals surface area contributed by atoms with Crippen molar-refractivity contribution in [1.82, 2.24) is 15.1 Å². The molecular formula is C13H14FN3O2. The van der Waals surface area contributed by atoms with E-state index in [4.69, 9.17) is 4.42 Å². The van der Waals surface area contributed by atoms with Crippen molar-refractivity contribution in [3.05, 3.63) is 30.4 Å². The number of rotatable bonds is 2. The number of amides is 1. The number of nitrogens with one attached hydrogen (secondary N) is 1. The molecule has 3 heterocycles. The number of furan rings is 1. The number of nitrogens with zero attached hydrogens (tertiary/aromatic N) is 2. The van der Waals surface area contributed by atoms with Crippen LogP contribution in [0, 0.1) is 0 Å². The second kappa shape index (κ2) is 4.22. The monoisotopic (exact) mass is 263 g/mol. The third-order valence-corrected chi connectivity index (χ3v) is 3.34. The van der Waals surface area contributed by atoms with Crippen molar-refractivity contribution < 1.29 is 13.6 Å². The van der Waals surface area contributed by atoms with Gasteiger partial charge in [-0.15, -0.1) is 0 Å². The molecule has 1 saturated heterocycles. The molecule has 0 saturated carbocycles. The molecule has 2 aromatic rings. The molecule has 6 heteroatoms. The van der Waals surface area contributed by atoms with Gasteiger partial charge in [0, 0.05) is 18.5 Å². The third kappa shape index (κ3) is 2.25. The number of aromatic amines is 1. The highest BCUT2D eigenvalue weighted by Gasteiger charge is 2.36. The molecule has 100 valence electrons. The van der Waals surface area contributed by atoms with Crippen LogP contribution < -0.4 is 0 Å². The molecule has 19 heavy (non-hydrogen) atoms. The van der Waals surface area contributed by atoms with E-state index in [1.165, 1.54) is 11.8 Å². The molecule has 3 rings (SSSR count). The Bertz CT molecular complexity index is 589. The normalized spacial score (nSPS) is 22.9. The number of carbonyl (C=O) groups excluding carboxylic acids is 1. The van der Waals surface area contributed by atoms with Crippen molar-refractivity contribution in [3.63, 3.8) is 0 Å². The zero-order chi connectivity index (χ0) is 13.5. The van der Waals surface area contributed by atoms with E-state index in [2.05, 4.69) is 10.2 Å². The first-order valence-corrected chi connectivity index (χ1v) is 6.11. The summed E-state index contributed by atoms with van der Waals surface area (Å²) in [5.41, 5.74) is 0.517. The van der Waals surface area contributed by atoms with E-state index >= 15 is 0 Å². The summed E-state index contributed by atoms with van der Waals surface area (Å²) in [6.45, 7) is 2.09. The maximum atomic E-state index is 13.7. The Kier molecular flexibility index (Phi) is 2.66. The van der Waals surface area contributed by atoms with Crippen LogP contribution in [0.1, 0.15) is 23.8 Å². The summed E-state index contributed by atoms with van der Waals surface area (Å²) in [5, 5.41) is 6.75. The van der Waals surface area contributed by atoms with Crippen LogP contribution in [0.2, 0.25) is 0 Å². The SMILES string of the molecule is CC1(F)CCN(C(=O)c2cc(-c3ccoc3)n[nH]2)C1. The quantitative estimate of drug-likeness (QED) is 0.903. The van der Waals surface area contributed by atoms with Gasteiger partial charge in [-0.25, -0.2) is 4.39 Å². The van der Waals surface area contributed by atoms with E-state index in [9.17, 15) is 9.18 Å². The van der Waals surface area contributed by atoms with Crippen LogP contribution in [-0.2, 0) is 0 Å². The average Bonchev–Trinajstić information content (AvgIpc) is 3.06. The largest absolute Gasteiger partial charge is 0.472 e. The highest BCUT2D eigenvalue weighted by Crippen LogP contribution is 2.26. The molecule has 1 N–H and O–H groups in total. The molecule has 5 nitrogen and oxygen atoms in total. The van der Waals surface area contributed by atoms with Crippen LogP contribution in [0.25, 0.3) is 11.3 Å². The van der Waals surface area contributed by atoms with Gasteiger partial charge >= 0.3 is 0 Å². The topological polar surface area (TPSA) is 62.1 Å². The van der Waals surface area contributed by atoms with Gasteiger partial charge in [0.05, 0.1) is 24.8 Å². The summed E-state index contributed by atoms with van der Waals surface area (Å²) in [5.74, 6) is -0.219. The minimum absolute atomic E-state index is 0.131. The molecule has 0 aliphatic carbocycles. The van der Waals surface area contributed by atoms with Gasteiger partial charge < -0.3 is 9.32 Å². The highest BCUT2D eigenvalue weighted by molar-refractivity contribution is 5.93. The summed E-state index contributed by atoms with van der Waals surface area (Å²) >= 11 is 0. The molecule has 2 aromatic heterocycles. The summed E-state index contributed by atoms with van der Waals surface area (Å²) in [6, 6.07) is 3.42. The van der Waals surface area contributed by atoms with Crippen LogP contribution in [0.4, 0.5) is 4.39 Å². The molecule has 0 bridgehead atoms. The Morgan fingerprint density at radius 1 is 1.63 bits per heavy atom. The fourth-order valence-corrected chi connectivity index (χ4v) is 2.26. The molecule has 0 radical (unpaired) electrons. The van der Waals surface area contributed by atoms with Gasteiger partial charge in [0.2, 0.25) is 0 Å². The first-order valence-electron chi connectivity index (χ1n) is 6.11. The Morgan fingerprint density at radius 3 is 3.11 bits per heavy atom. The fraction of sp³-hybridized carbons (Fsp3) is 0.385. The predicted octanol–water partition coefficient (Wildman–Crippen LogP) is 2.24. The average molecular weight is 263 g/mol. The fourth-order valence-electron chi connectivity index (χ4n) is 2.26. The minimum atomic E-state index is -1.29. The number of carbonyl (C=O) groups is 1. The number of H-pyrrole nitrogens is 1. The lowest BCUT2D eigenvalue weighted by molar-refractivity contribution is 0.0755. The molecule has 0 spiro atoms.